The number of benzene rings is 1. The topological polar surface area (TPSA) is 104 Å². The minimum absolute atomic E-state index is 0.0742. The molecule has 0 aromatic heterocycles. The van der Waals surface area contributed by atoms with E-state index in [1.165, 1.54) is 12.1 Å². The van der Waals surface area contributed by atoms with Crippen LogP contribution in [0.2, 0.25) is 0 Å². The first kappa shape index (κ1) is 11.1. The lowest BCUT2D eigenvalue weighted by atomic mass is 9.79. The third-order valence-electron chi connectivity index (χ3n) is 2.12. The predicted octanol–water partition coefficient (Wildman–Crippen LogP) is -1.54. The van der Waals surface area contributed by atoms with Crippen LogP contribution in [0.1, 0.15) is 5.56 Å². The average molecular weight is 228 g/mol. The van der Waals surface area contributed by atoms with Crippen LogP contribution in [0.5, 0.6) is 0 Å². The highest BCUT2D eigenvalue weighted by atomic mass is 19.1. The van der Waals surface area contributed by atoms with Gasteiger partial charge in [0.25, 0.3) is 0 Å². The van der Waals surface area contributed by atoms with Crippen LogP contribution in [0.15, 0.2) is 18.2 Å². The number of carboxylic acids is 1. The Bertz CT molecular complexity index is 420. The molecule has 1 aromatic carbocycles. The van der Waals surface area contributed by atoms with E-state index in [1.807, 2.05) is 0 Å². The van der Waals surface area contributed by atoms with Gasteiger partial charge in [0.1, 0.15) is 11.9 Å². The quantitative estimate of drug-likeness (QED) is 0.457. The molecule has 86 valence electrons. The number of rotatable bonds is 5. The Morgan fingerprint density at radius 1 is 1.69 bits per heavy atom. The van der Waals surface area contributed by atoms with E-state index >= 15 is 0 Å². The van der Waals surface area contributed by atoms with Crippen molar-refractivity contribution in [3.05, 3.63) is 29.6 Å². The first-order valence-electron chi connectivity index (χ1n) is 4.93. The van der Waals surface area contributed by atoms with Crippen LogP contribution < -0.4 is 11.2 Å². The Kier molecular flexibility index (Phi) is 3.50. The highest BCUT2D eigenvalue weighted by molar-refractivity contribution is 6.58. The van der Waals surface area contributed by atoms with E-state index in [1.54, 1.807) is 0 Å². The smallest absolute Gasteiger partial charge is 0.480 e. The van der Waals surface area contributed by atoms with E-state index in [9.17, 15) is 9.18 Å². The van der Waals surface area contributed by atoms with Crippen LogP contribution in [-0.4, -0.2) is 35.7 Å². The zero-order valence-corrected chi connectivity index (χ0v) is 8.26. The summed E-state index contributed by atoms with van der Waals surface area (Å²) in [5, 5.41) is 21.6. The molecule has 0 aliphatic rings. The summed E-state index contributed by atoms with van der Waals surface area (Å²) in [6.07, 6.45) is -0.153. The molecule has 1 atom stereocenters. The van der Waals surface area contributed by atoms with Crippen LogP contribution in [-0.2, 0) is 11.2 Å². The van der Waals surface area contributed by atoms with E-state index in [4.69, 9.17) is 17.3 Å². The molecule has 0 saturated heterocycles. The first-order valence-corrected chi connectivity index (χ1v) is 4.52. The Morgan fingerprint density at radius 3 is 2.88 bits per heavy atom. The van der Waals surface area contributed by atoms with Gasteiger partial charge in [-0.3, -0.25) is 4.79 Å². The lowest BCUT2D eigenvalue weighted by molar-refractivity contribution is -0.138. The Hall–Kier alpha value is -1.44. The zero-order valence-electron chi connectivity index (χ0n) is 9.26. The second-order valence-electron chi connectivity index (χ2n) is 3.35. The second-order valence-corrected chi connectivity index (χ2v) is 3.35. The molecule has 0 spiro atoms. The lowest BCUT2D eigenvalue weighted by Gasteiger charge is -2.08. The van der Waals surface area contributed by atoms with Crippen molar-refractivity contribution in [1.29, 1.82) is 1.43 Å². The summed E-state index contributed by atoms with van der Waals surface area (Å²) < 4.78 is 20.0. The van der Waals surface area contributed by atoms with Gasteiger partial charge in [-0.2, -0.15) is 0 Å². The van der Waals surface area contributed by atoms with Crippen molar-refractivity contribution in [1.82, 2.24) is 0 Å². The van der Waals surface area contributed by atoms with Crippen molar-refractivity contribution in [2.24, 2.45) is 5.73 Å². The van der Waals surface area contributed by atoms with Crippen LogP contribution in [0.25, 0.3) is 0 Å². The van der Waals surface area contributed by atoms with Crippen LogP contribution in [0, 0.1) is 5.82 Å². The van der Waals surface area contributed by atoms with Crippen molar-refractivity contribution in [2.75, 3.05) is 0 Å². The minimum atomic E-state index is -1.54. The highest BCUT2D eigenvalue weighted by Gasteiger charge is 2.17. The van der Waals surface area contributed by atoms with Gasteiger partial charge in [-0.25, -0.2) is 4.39 Å². The fourth-order valence-electron chi connectivity index (χ4n) is 1.21. The van der Waals surface area contributed by atoms with Crippen molar-refractivity contribution >= 4 is 18.6 Å². The fourth-order valence-corrected chi connectivity index (χ4v) is 1.21. The van der Waals surface area contributed by atoms with Gasteiger partial charge >= 0.3 is 13.1 Å². The number of carbonyl (C=O) groups is 1. The molecular formula is C9H11BFNO4. The first-order chi connectivity index (χ1) is 7.95. The molecule has 0 aliphatic heterocycles. The van der Waals surface area contributed by atoms with E-state index in [0.29, 0.717) is 0 Å². The number of hydrogen-bond acceptors (Lipinski definition) is 4. The summed E-state index contributed by atoms with van der Waals surface area (Å²) >= 11 is 0. The van der Waals surface area contributed by atoms with Crippen molar-refractivity contribution in [3.63, 3.8) is 0 Å². The Labute approximate surface area is 93.0 Å². The molecule has 7 heteroatoms. The van der Waals surface area contributed by atoms with Gasteiger partial charge in [-0.05, 0) is 17.1 Å². The predicted molar refractivity (Wildman–Crippen MR) is 55.5 cm³/mol. The molecule has 1 rings (SSSR count). The summed E-state index contributed by atoms with van der Waals surface area (Å²) in [5.74, 6) is -1.92. The van der Waals surface area contributed by atoms with Crippen LogP contribution in [0.4, 0.5) is 4.39 Å². The van der Waals surface area contributed by atoms with Crippen molar-refractivity contribution in [2.45, 2.75) is 12.5 Å². The number of nitrogens with two attached hydrogens (primary N) is 1. The van der Waals surface area contributed by atoms with E-state index in [0.717, 1.165) is 6.07 Å². The van der Waals surface area contributed by atoms with Gasteiger partial charge in [-0.1, -0.05) is 12.1 Å². The third-order valence-corrected chi connectivity index (χ3v) is 2.12. The van der Waals surface area contributed by atoms with Gasteiger partial charge in [-0.15, -0.1) is 0 Å². The third kappa shape index (κ3) is 3.03. The molecule has 0 aliphatic carbocycles. The molecule has 5 N–H and O–H groups in total. The molecule has 0 heterocycles. The van der Waals surface area contributed by atoms with Crippen LogP contribution in [0.3, 0.4) is 0 Å². The van der Waals surface area contributed by atoms with E-state index < -0.39 is 24.9 Å². The van der Waals surface area contributed by atoms with Crippen LogP contribution >= 0.6 is 0 Å². The summed E-state index contributed by atoms with van der Waals surface area (Å²) in [7, 11) is -1.54. The molecule has 0 radical (unpaired) electrons. The molecular weight excluding hydrogens is 216 g/mol. The zero-order chi connectivity index (χ0) is 13.0. The van der Waals surface area contributed by atoms with Crippen molar-refractivity contribution in [3.8, 4) is 0 Å². The standard InChI is InChI=1S/C9H11BFNO4/c11-7-4-6(10(15)16)2-1-5(7)3-8(12)9(13)14/h1-2,4,8,15-16H,3,12H2,(H,13,14)/t8-/m0/s1/i15D. The molecule has 5 nitrogen and oxygen atoms in total. The molecule has 0 fully saturated rings. The largest absolute Gasteiger partial charge is 0.488 e. The highest BCUT2D eigenvalue weighted by Crippen LogP contribution is 2.07. The van der Waals surface area contributed by atoms with Gasteiger partial charge in [0.05, 0.1) is 0 Å². The Balaban J connectivity index is 2.86. The average Bonchev–Trinajstić information content (AvgIpc) is 2.30. The minimum Gasteiger partial charge on any atom is -0.480 e. The summed E-state index contributed by atoms with van der Waals surface area (Å²) in [6, 6.07) is 2.43. The van der Waals surface area contributed by atoms with Gasteiger partial charge in [0.2, 0.25) is 0 Å². The molecule has 0 bridgehead atoms. The monoisotopic (exact) mass is 228 g/mol. The number of hydrogen-bond donors (Lipinski definition) is 4. The normalized spacial score (nSPS) is 13.1. The number of carboxylic acid groups (broad SMARTS) is 1. The lowest BCUT2D eigenvalue weighted by Crippen LogP contribution is -2.33. The SMILES string of the molecule is [2H]OB(O)c1ccc(C[C@H](N)C(=O)O)c(F)c1. The maximum atomic E-state index is 13.5. The molecule has 1 aromatic rings. The number of halogens is 1. The van der Waals surface area contributed by atoms with E-state index in [-0.39, 0.29) is 17.4 Å². The van der Waals surface area contributed by atoms with Crippen molar-refractivity contribution < 1.29 is 24.3 Å². The summed E-state index contributed by atoms with van der Waals surface area (Å²) in [4.78, 5) is 10.5. The maximum Gasteiger partial charge on any atom is 0.488 e. The fraction of sp³-hybridized carbons (Fsp3) is 0.222. The summed E-state index contributed by atoms with van der Waals surface area (Å²) in [6.45, 7) is 0. The van der Waals surface area contributed by atoms with Gasteiger partial charge in [0, 0.05) is 6.42 Å². The molecule has 0 unspecified atom stereocenters. The summed E-state index contributed by atoms with van der Waals surface area (Å²) in [5.41, 5.74) is 5.47. The maximum absolute atomic E-state index is 13.5. The second kappa shape index (κ2) is 5.06. The van der Waals surface area contributed by atoms with E-state index in [2.05, 4.69) is 5.03 Å². The molecule has 0 amide bonds. The van der Waals surface area contributed by atoms with Gasteiger partial charge < -0.3 is 20.9 Å². The molecule has 0 saturated carbocycles. The Morgan fingerprint density at radius 2 is 2.38 bits per heavy atom. The molecule has 16 heavy (non-hydrogen) atoms. The number of aliphatic carboxylic acids is 1. The van der Waals surface area contributed by atoms with Gasteiger partial charge in [0.15, 0.2) is 1.43 Å².